The molecule has 21 heavy (non-hydrogen) atoms. The maximum absolute atomic E-state index is 10.6. The maximum atomic E-state index is 10.6. The molecule has 4 atom stereocenters. The van der Waals surface area contributed by atoms with E-state index in [9.17, 15) is 5.11 Å². The van der Waals surface area contributed by atoms with E-state index < -0.39 is 24.0 Å². The van der Waals surface area contributed by atoms with Gasteiger partial charge < -0.3 is 23.9 Å². The molecule has 4 heterocycles. The summed E-state index contributed by atoms with van der Waals surface area (Å²) < 4.78 is 19.1. The van der Waals surface area contributed by atoms with Crippen LogP contribution in [0.2, 0.25) is 0 Å². The molecule has 0 amide bonds. The molecule has 0 spiro atoms. The summed E-state index contributed by atoms with van der Waals surface area (Å²) in [7, 11) is 1.61. The summed E-state index contributed by atoms with van der Waals surface area (Å²) in [6.07, 6.45) is 4.22. The Balaban J connectivity index is 1.76. The van der Waals surface area contributed by atoms with Crippen molar-refractivity contribution < 1.29 is 19.3 Å². The normalized spacial score (nSPS) is 35.4. The highest BCUT2D eigenvalue weighted by Crippen LogP contribution is 2.45. The molecule has 0 radical (unpaired) electrons. The first-order chi connectivity index (χ1) is 10.2. The third kappa shape index (κ3) is 1.82. The monoisotopic (exact) mass is 291 g/mol. The molecule has 1 N–H and O–H groups in total. The van der Waals surface area contributed by atoms with Crippen LogP contribution in [-0.2, 0) is 14.2 Å². The summed E-state index contributed by atoms with van der Waals surface area (Å²) in [6.45, 7) is 0.897. The molecule has 2 unspecified atom stereocenters. The summed E-state index contributed by atoms with van der Waals surface area (Å²) in [6, 6.07) is 1.93. The van der Waals surface area contributed by atoms with Crippen molar-refractivity contribution in [3.8, 4) is 0 Å². The molecule has 2 bridgehead atoms. The van der Waals surface area contributed by atoms with Crippen molar-refractivity contribution >= 4 is 11.0 Å². The second-order valence-electron chi connectivity index (χ2n) is 5.56. The fourth-order valence-electron chi connectivity index (χ4n) is 3.34. The van der Waals surface area contributed by atoms with Crippen molar-refractivity contribution in [2.75, 3.05) is 20.3 Å². The van der Waals surface area contributed by atoms with Crippen molar-refractivity contribution in [2.24, 2.45) is 0 Å². The average molecular weight is 291 g/mol. The second kappa shape index (κ2) is 4.74. The Hall–Kier alpha value is -1.54. The number of rotatable bonds is 3. The minimum absolute atomic E-state index is 0.346. The molecular weight excluding hydrogens is 274 g/mol. The van der Waals surface area contributed by atoms with Gasteiger partial charge in [0.1, 0.15) is 29.8 Å². The zero-order valence-electron chi connectivity index (χ0n) is 11.7. The molecule has 2 fully saturated rings. The molecule has 2 aliphatic rings. The Morgan fingerprint density at radius 1 is 1.57 bits per heavy atom. The van der Waals surface area contributed by atoms with Gasteiger partial charge in [0.2, 0.25) is 0 Å². The molecule has 2 aromatic rings. The van der Waals surface area contributed by atoms with Crippen LogP contribution in [0.5, 0.6) is 0 Å². The van der Waals surface area contributed by atoms with Gasteiger partial charge in [0, 0.05) is 31.3 Å². The predicted octanol–water partition coefficient (Wildman–Crippen LogP) is 0.495. The topological polar surface area (TPSA) is 78.6 Å². The van der Waals surface area contributed by atoms with E-state index in [1.807, 2.05) is 16.8 Å². The van der Waals surface area contributed by atoms with Crippen LogP contribution in [0, 0.1) is 0 Å². The first kappa shape index (κ1) is 13.1. The molecule has 2 aliphatic heterocycles. The van der Waals surface area contributed by atoms with Gasteiger partial charge >= 0.3 is 0 Å². The summed E-state index contributed by atoms with van der Waals surface area (Å²) in [5.41, 5.74) is 0.0669. The van der Waals surface area contributed by atoms with Crippen LogP contribution in [-0.4, -0.2) is 57.8 Å². The van der Waals surface area contributed by atoms with Gasteiger partial charge in [0.15, 0.2) is 6.23 Å². The maximum Gasteiger partial charge on any atom is 0.165 e. The van der Waals surface area contributed by atoms with Crippen molar-refractivity contribution in [3.05, 3.63) is 24.8 Å². The van der Waals surface area contributed by atoms with E-state index in [4.69, 9.17) is 14.2 Å². The molecule has 112 valence electrons. The zero-order valence-corrected chi connectivity index (χ0v) is 11.7. The van der Waals surface area contributed by atoms with Crippen LogP contribution >= 0.6 is 0 Å². The highest BCUT2D eigenvalue weighted by atomic mass is 16.6. The lowest BCUT2D eigenvalue weighted by Crippen LogP contribution is -2.51. The van der Waals surface area contributed by atoms with E-state index in [0.717, 1.165) is 11.0 Å². The zero-order chi connectivity index (χ0) is 14.4. The summed E-state index contributed by atoms with van der Waals surface area (Å²) in [4.78, 5) is 8.31. The van der Waals surface area contributed by atoms with Crippen LogP contribution in [0.4, 0.5) is 0 Å². The predicted molar refractivity (Wildman–Crippen MR) is 72.6 cm³/mol. The Morgan fingerprint density at radius 2 is 2.48 bits per heavy atom. The highest BCUT2D eigenvalue weighted by molar-refractivity contribution is 5.74. The van der Waals surface area contributed by atoms with Gasteiger partial charge in [0.25, 0.3) is 0 Å². The number of hydrogen-bond acceptors (Lipinski definition) is 6. The van der Waals surface area contributed by atoms with Gasteiger partial charge in [-0.05, 0) is 6.07 Å². The van der Waals surface area contributed by atoms with Crippen molar-refractivity contribution in [1.29, 1.82) is 0 Å². The SMILES string of the molecule is COC[C@]12CCOC(C1O)[C@H](n1ccc3cncnc31)O2. The van der Waals surface area contributed by atoms with Crippen molar-refractivity contribution in [2.45, 2.75) is 30.5 Å². The number of aromatic nitrogens is 3. The lowest BCUT2D eigenvalue weighted by atomic mass is 9.90. The van der Waals surface area contributed by atoms with Crippen LogP contribution in [0.15, 0.2) is 24.8 Å². The Morgan fingerprint density at radius 3 is 3.33 bits per heavy atom. The first-order valence-corrected chi connectivity index (χ1v) is 6.98. The quantitative estimate of drug-likeness (QED) is 0.887. The Kier molecular flexibility index (Phi) is 2.97. The lowest BCUT2D eigenvalue weighted by Gasteiger charge is -2.34. The number of nitrogens with zero attached hydrogens (tertiary/aromatic N) is 3. The number of aliphatic hydroxyl groups excluding tert-OH is 1. The van der Waals surface area contributed by atoms with Gasteiger partial charge in [0.05, 0.1) is 13.2 Å². The Labute approximate surface area is 121 Å². The minimum Gasteiger partial charge on any atom is -0.387 e. The first-order valence-electron chi connectivity index (χ1n) is 6.98. The molecule has 0 aliphatic carbocycles. The van der Waals surface area contributed by atoms with Crippen LogP contribution in [0.3, 0.4) is 0 Å². The molecule has 7 nitrogen and oxygen atoms in total. The van der Waals surface area contributed by atoms with Crippen LogP contribution in [0.1, 0.15) is 12.6 Å². The van der Waals surface area contributed by atoms with Gasteiger partial charge in [-0.1, -0.05) is 0 Å². The van der Waals surface area contributed by atoms with Gasteiger partial charge in [-0.25, -0.2) is 9.97 Å². The third-order valence-corrected chi connectivity index (χ3v) is 4.36. The molecule has 2 aromatic heterocycles. The van der Waals surface area contributed by atoms with E-state index in [1.165, 1.54) is 6.33 Å². The summed E-state index contributed by atoms with van der Waals surface area (Å²) >= 11 is 0. The minimum atomic E-state index is -0.713. The average Bonchev–Trinajstić information content (AvgIpc) is 2.95. The number of aliphatic hydroxyl groups is 1. The van der Waals surface area contributed by atoms with E-state index in [-0.39, 0.29) is 0 Å². The molecule has 0 aromatic carbocycles. The smallest absolute Gasteiger partial charge is 0.165 e. The molecule has 2 saturated heterocycles. The van der Waals surface area contributed by atoms with Crippen molar-refractivity contribution in [1.82, 2.24) is 14.5 Å². The van der Waals surface area contributed by atoms with E-state index in [1.54, 1.807) is 13.3 Å². The van der Waals surface area contributed by atoms with E-state index in [0.29, 0.717) is 19.6 Å². The summed E-state index contributed by atoms with van der Waals surface area (Å²) in [5.74, 6) is 0. The number of methoxy groups -OCH3 is 1. The van der Waals surface area contributed by atoms with Crippen LogP contribution in [0.25, 0.3) is 11.0 Å². The highest BCUT2D eigenvalue weighted by Gasteiger charge is 2.58. The number of hydrogen-bond donors (Lipinski definition) is 1. The second-order valence-corrected chi connectivity index (χ2v) is 5.56. The largest absolute Gasteiger partial charge is 0.387 e. The fraction of sp³-hybridized carbons (Fsp3) is 0.571. The molecule has 4 rings (SSSR count). The van der Waals surface area contributed by atoms with E-state index >= 15 is 0 Å². The third-order valence-electron chi connectivity index (χ3n) is 4.36. The fourth-order valence-corrected chi connectivity index (χ4v) is 3.34. The number of fused-ring (bicyclic) bond motifs is 3. The number of ether oxygens (including phenoxy) is 3. The summed E-state index contributed by atoms with van der Waals surface area (Å²) in [5, 5.41) is 11.5. The molecular formula is C14H17N3O4. The standard InChI is InChI=1S/C14H17N3O4/c1-19-7-14-3-5-20-10(11(14)18)13(21-14)17-4-2-9-6-15-8-16-12(9)17/h2,4,6,8,10-11,13,18H,3,5,7H2,1H3/t10?,11?,13-,14-/m1/s1. The Bertz CT molecular complexity index is 656. The lowest BCUT2D eigenvalue weighted by molar-refractivity contribution is -0.149. The molecule has 7 heteroatoms. The molecule has 0 saturated carbocycles. The van der Waals surface area contributed by atoms with Crippen molar-refractivity contribution in [3.63, 3.8) is 0 Å². The van der Waals surface area contributed by atoms with E-state index in [2.05, 4.69) is 9.97 Å². The van der Waals surface area contributed by atoms with Crippen LogP contribution < -0.4 is 0 Å². The van der Waals surface area contributed by atoms with Gasteiger partial charge in [-0.2, -0.15) is 0 Å². The van der Waals surface area contributed by atoms with Gasteiger partial charge in [-0.15, -0.1) is 0 Å². The van der Waals surface area contributed by atoms with Gasteiger partial charge in [-0.3, -0.25) is 0 Å².